The van der Waals surface area contributed by atoms with Crippen LogP contribution in [-0.2, 0) is 21.4 Å². The third kappa shape index (κ3) is 4.33. The van der Waals surface area contributed by atoms with Gasteiger partial charge in [-0.3, -0.25) is 9.52 Å². The highest BCUT2D eigenvalue weighted by Crippen LogP contribution is 2.30. The van der Waals surface area contributed by atoms with Gasteiger partial charge in [0, 0.05) is 26.8 Å². The molecule has 1 heterocycles. The summed E-state index contributed by atoms with van der Waals surface area (Å²) in [5.74, 6) is -0.194. The van der Waals surface area contributed by atoms with E-state index in [1.807, 2.05) is 35.8 Å². The zero-order chi connectivity index (χ0) is 19.8. The molecule has 142 valence electrons. The molecule has 0 aliphatic heterocycles. The van der Waals surface area contributed by atoms with Crippen LogP contribution in [0.15, 0.2) is 46.9 Å². The molecule has 0 unspecified atom stereocenters. The second-order valence-electron chi connectivity index (χ2n) is 6.45. The van der Waals surface area contributed by atoms with E-state index in [9.17, 15) is 13.2 Å². The van der Waals surface area contributed by atoms with Crippen LogP contribution in [0.2, 0.25) is 0 Å². The number of hydrogen-bond donors (Lipinski definition) is 2. The van der Waals surface area contributed by atoms with E-state index in [1.165, 1.54) is 0 Å². The number of halogens is 1. The normalized spacial score (nSPS) is 11.6. The van der Waals surface area contributed by atoms with Gasteiger partial charge in [0.1, 0.15) is 6.54 Å². The molecule has 0 atom stereocenters. The van der Waals surface area contributed by atoms with Crippen molar-refractivity contribution in [3.63, 3.8) is 0 Å². The number of para-hydroxylation sites is 1. The predicted molar refractivity (Wildman–Crippen MR) is 113 cm³/mol. The molecule has 3 rings (SSSR count). The van der Waals surface area contributed by atoms with Gasteiger partial charge >= 0.3 is 0 Å². The summed E-state index contributed by atoms with van der Waals surface area (Å²) in [7, 11) is -3.39. The standard InChI is InChI=1S/C19H20BrN3O3S/c1-12-8-9-14(10-16(12)22-27(3,25)26)21-18(24)11-23-13(2)19(20)15-6-4-5-7-17(15)23/h4-10,22H,11H2,1-3H3,(H,21,24). The van der Waals surface area contributed by atoms with Crippen LogP contribution in [0.5, 0.6) is 0 Å². The van der Waals surface area contributed by atoms with E-state index in [2.05, 4.69) is 26.0 Å². The molecule has 0 saturated carbocycles. The van der Waals surface area contributed by atoms with Gasteiger partial charge in [0.15, 0.2) is 0 Å². The molecular weight excluding hydrogens is 430 g/mol. The minimum atomic E-state index is -3.39. The maximum atomic E-state index is 12.6. The molecule has 2 aromatic carbocycles. The van der Waals surface area contributed by atoms with Crippen LogP contribution >= 0.6 is 15.9 Å². The lowest BCUT2D eigenvalue weighted by Crippen LogP contribution is -2.19. The zero-order valence-corrected chi connectivity index (χ0v) is 17.6. The van der Waals surface area contributed by atoms with E-state index in [1.54, 1.807) is 25.1 Å². The lowest BCUT2D eigenvalue weighted by atomic mass is 10.2. The number of nitrogens with one attached hydrogen (secondary N) is 2. The Morgan fingerprint density at radius 1 is 1.15 bits per heavy atom. The van der Waals surface area contributed by atoms with Crippen molar-refractivity contribution in [3.05, 3.63) is 58.2 Å². The fraction of sp³-hybridized carbons (Fsp3) is 0.211. The van der Waals surface area contributed by atoms with E-state index in [0.29, 0.717) is 11.4 Å². The number of anilines is 2. The number of carbonyl (C=O) groups is 1. The van der Waals surface area contributed by atoms with Crippen molar-refractivity contribution in [2.45, 2.75) is 20.4 Å². The number of benzene rings is 2. The van der Waals surface area contributed by atoms with E-state index < -0.39 is 10.0 Å². The molecule has 6 nitrogen and oxygen atoms in total. The average Bonchev–Trinajstić information content (AvgIpc) is 2.82. The van der Waals surface area contributed by atoms with Gasteiger partial charge in [0.2, 0.25) is 15.9 Å². The van der Waals surface area contributed by atoms with Crippen LogP contribution in [0, 0.1) is 13.8 Å². The molecule has 0 aliphatic rings. The van der Waals surface area contributed by atoms with Gasteiger partial charge in [0.25, 0.3) is 0 Å². The number of aryl methyl sites for hydroxylation is 1. The van der Waals surface area contributed by atoms with Crippen molar-refractivity contribution in [2.24, 2.45) is 0 Å². The van der Waals surface area contributed by atoms with Gasteiger partial charge in [-0.15, -0.1) is 0 Å². The lowest BCUT2D eigenvalue weighted by Gasteiger charge is -2.12. The summed E-state index contributed by atoms with van der Waals surface area (Å²) in [6, 6.07) is 13.0. The number of aromatic nitrogens is 1. The average molecular weight is 450 g/mol. The van der Waals surface area contributed by atoms with Crippen molar-refractivity contribution in [2.75, 3.05) is 16.3 Å². The van der Waals surface area contributed by atoms with Crippen LogP contribution in [0.4, 0.5) is 11.4 Å². The number of hydrogen-bond acceptors (Lipinski definition) is 3. The van der Waals surface area contributed by atoms with E-state index in [4.69, 9.17) is 0 Å². The summed E-state index contributed by atoms with van der Waals surface area (Å²) >= 11 is 3.59. The number of sulfonamides is 1. The van der Waals surface area contributed by atoms with Crippen LogP contribution in [-0.4, -0.2) is 25.1 Å². The SMILES string of the molecule is Cc1ccc(NC(=O)Cn2c(C)c(Br)c3ccccc32)cc1NS(C)(=O)=O. The molecule has 0 saturated heterocycles. The highest BCUT2D eigenvalue weighted by Gasteiger charge is 2.14. The van der Waals surface area contributed by atoms with E-state index in [0.717, 1.165) is 32.9 Å². The number of nitrogens with zero attached hydrogens (tertiary/aromatic N) is 1. The van der Waals surface area contributed by atoms with Gasteiger partial charge in [-0.1, -0.05) is 24.3 Å². The van der Waals surface area contributed by atoms with Crippen LogP contribution in [0.1, 0.15) is 11.3 Å². The van der Waals surface area contributed by atoms with Gasteiger partial charge in [-0.2, -0.15) is 0 Å². The maximum absolute atomic E-state index is 12.6. The molecule has 2 N–H and O–H groups in total. The molecule has 27 heavy (non-hydrogen) atoms. The highest BCUT2D eigenvalue weighted by molar-refractivity contribution is 9.10. The Morgan fingerprint density at radius 2 is 1.85 bits per heavy atom. The molecular formula is C19H20BrN3O3S. The minimum absolute atomic E-state index is 0.153. The number of rotatable bonds is 5. The summed E-state index contributed by atoms with van der Waals surface area (Å²) in [6.45, 7) is 3.91. The topological polar surface area (TPSA) is 80.2 Å². The Bertz CT molecular complexity index is 1140. The lowest BCUT2D eigenvalue weighted by molar-refractivity contribution is -0.116. The summed E-state index contributed by atoms with van der Waals surface area (Å²) in [6.07, 6.45) is 1.09. The summed E-state index contributed by atoms with van der Waals surface area (Å²) < 4.78 is 28.3. The second-order valence-corrected chi connectivity index (χ2v) is 9.00. The van der Waals surface area contributed by atoms with Crippen molar-refractivity contribution >= 4 is 54.1 Å². The summed E-state index contributed by atoms with van der Waals surface area (Å²) in [4.78, 5) is 12.6. The van der Waals surface area contributed by atoms with E-state index >= 15 is 0 Å². The molecule has 0 spiro atoms. The van der Waals surface area contributed by atoms with Gasteiger partial charge in [-0.25, -0.2) is 8.42 Å². The highest BCUT2D eigenvalue weighted by atomic mass is 79.9. The third-order valence-corrected chi connectivity index (χ3v) is 5.86. The van der Waals surface area contributed by atoms with E-state index in [-0.39, 0.29) is 12.5 Å². The first kappa shape index (κ1) is 19.4. The summed E-state index contributed by atoms with van der Waals surface area (Å²) in [5, 5.41) is 3.89. The van der Waals surface area contributed by atoms with Gasteiger partial charge in [0.05, 0.1) is 11.9 Å². The molecule has 0 radical (unpaired) electrons. The number of carbonyl (C=O) groups excluding carboxylic acids is 1. The first-order valence-electron chi connectivity index (χ1n) is 8.27. The fourth-order valence-electron chi connectivity index (χ4n) is 2.95. The summed E-state index contributed by atoms with van der Waals surface area (Å²) in [5.41, 5.74) is 3.69. The Kier molecular flexibility index (Phi) is 5.30. The Balaban J connectivity index is 1.83. The first-order chi connectivity index (χ1) is 12.7. The molecule has 1 amide bonds. The first-order valence-corrected chi connectivity index (χ1v) is 11.0. The van der Waals surface area contributed by atoms with Crippen LogP contribution < -0.4 is 10.0 Å². The fourth-order valence-corrected chi connectivity index (χ4v) is 4.11. The number of amides is 1. The third-order valence-electron chi connectivity index (χ3n) is 4.27. The Morgan fingerprint density at radius 3 is 2.56 bits per heavy atom. The Labute approximate surface area is 166 Å². The largest absolute Gasteiger partial charge is 0.334 e. The van der Waals surface area contributed by atoms with Gasteiger partial charge in [-0.05, 0) is 53.5 Å². The second kappa shape index (κ2) is 7.36. The Hall–Kier alpha value is -2.32. The van der Waals surface area contributed by atoms with Crippen molar-refractivity contribution in [1.29, 1.82) is 0 Å². The molecule has 0 aliphatic carbocycles. The monoisotopic (exact) mass is 449 g/mol. The zero-order valence-electron chi connectivity index (χ0n) is 15.2. The van der Waals surface area contributed by atoms with Crippen molar-refractivity contribution in [1.82, 2.24) is 4.57 Å². The van der Waals surface area contributed by atoms with Gasteiger partial charge < -0.3 is 9.88 Å². The molecule has 1 aromatic heterocycles. The van der Waals surface area contributed by atoms with Crippen molar-refractivity contribution < 1.29 is 13.2 Å². The smallest absolute Gasteiger partial charge is 0.244 e. The minimum Gasteiger partial charge on any atom is -0.334 e. The molecule has 8 heteroatoms. The van der Waals surface area contributed by atoms with Crippen LogP contribution in [0.25, 0.3) is 10.9 Å². The molecule has 3 aromatic rings. The molecule has 0 fully saturated rings. The maximum Gasteiger partial charge on any atom is 0.244 e. The molecule has 0 bridgehead atoms. The van der Waals surface area contributed by atoms with Crippen LogP contribution in [0.3, 0.4) is 0 Å². The van der Waals surface area contributed by atoms with Crippen molar-refractivity contribution in [3.8, 4) is 0 Å². The predicted octanol–water partition coefficient (Wildman–Crippen LogP) is 4.03. The number of fused-ring (bicyclic) bond motifs is 1. The quantitative estimate of drug-likeness (QED) is 0.616.